The lowest BCUT2D eigenvalue weighted by molar-refractivity contribution is -0.152. The third-order valence-electron chi connectivity index (χ3n) is 4.45. The van der Waals surface area contributed by atoms with Crippen LogP contribution in [0.3, 0.4) is 0 Å². The minimum absolute atomic E-state index is 0.0671. The van der Waals surface area contributed by atoms with E-state index < -0.39 is 12.0 Å². The number of oxazole rings is 1. The summed E-state index contributed by atoms with van der Waals surface area (Å²) < 4.78 is 5.65. The predicted octanol–water partition coefficient (Wildman–Crippen LogP) is 2.97. The maximum atomic E-state index is 12.6. The summed E-state index contributed by atoms with van der Waals surface area (Å²) in [5, 5.41) is 13.3. The third kappa shape index (κ3) is 3.36. The van der Waals surface area contributed by atoms with Crippen LogP contribution in [0.4, 0.5) is 0 Å². The van der Waals surface area contributed by atoms with Crippen LogP contribution in [0.15, 0.2) is 21.2 Å². The van der Waals surface area contributed by atoms with Crippen LogP contribution in [-0.2, 0) is 16.0 Å². The first kappa shape index (κ1) is 16.7. The van der Waals surface area contributed by atoms with E-state index in [9.17, 15) is 14.7 Å². The zero-order valence-electron chi connectivity index (χ0n) is 13.7. The molecular weight excluding hydrogens is 328 g/mol. The number of nitrogens with zero attached hydrogens (tertiary/aromatic N) is 2. The summed E-state index contributed by atoms with van der Waals surface area (Å²) in [4.78, 5) is 30.0. The van der Waals surface area contributed by atoms with E-state index in [1.54, 1.807) is 18.3 Å². The van der Waals surface area contributed by atoms with Gasteiger partial charge in [0.2, 0.25) is 11.8 Å². The predicted molar refractivity (Wildman–Crippen MR) is 89.8 cm³/mol. The van der Waals surface area contributed by atoms with E-state index in [1.807, 2.05) is 23.8 Å². The van der Waals surface area contributed by atoms with E-state index in [-0.39, 0.29) is 12.3 Å². The molecule has 1 aliphatic heterocycles. The lowest BCUT2D eigenvalue weighted by Crippen LogP contribution is -2.50. The summed E-state index contributed by atoms with van der Waals surface area (Å²) >= 11 is 1.55. The standard InChI is InChI=1S/C17H20N2O4S/c1-10-3-5-19(14(7-10)17(21)22)15(20)8-13-11(2)23-16(18-13)12-4-6-24-9-12/h4,6,9-10,14H,3,5,7-8H2,1-2H3,(H,21,22). The van der Waals surface area contributed by atoms with Crippen molar-refractivity contribution in [3.05, 3.63) is 28.3 Å². The molecule has 1 N–H and O–H groups in total. The number of amides is 1. The molecule has 2 aromatic rings. The molecule has 0 aromatic carbocycles. The second-order valence-electron chi connectivity index (χ2n) is 6.28. The van der Waals surface area contributed by atoms with Crippen molar-refractivity contribution in [1.82, 2.24) is 9.88 Å². The number of carboxylic acid groups (broad SMARTS) is 1. The van der Waals surface area contributed by atoms with E-state index in [0.29, 0.717) is 36.2 Å². The number of thiophene rings is 1. The van der Waals surface area contributed by atoms with Crippen LogP contribution in [0.1, 0.15) is 31.2 Å². The van der Waals surface area contributed by atoms with Gasteiger partial charge in [0.25, 0.3) is 0 Å². The second kappa shape index (κ2) is 6.76. The van der Waals surface area contributed by atoms with Crippen molar-refractivity contribution >= 4 is 23.2 Å². The normalized spacial score (nSPS) is 21.0. The largest absolute Gasteiger partial charge is 0.480 e. The molecule has 6 nitrogen and oxygen atoms in total. The van der Waals surface area contributed by atoms with Crippen molar-refractivity contribution in [1.29, 1.82) is 0 Å². The SMILES string of the molecule is Cc1oc(-c2ccsc2)nc1CC(=O)N1CCC(C)CC1C(=O)O. The molecule has 7 heteroatoms. The Morgan fingerprint density at radius 1 is 1.50 bits per heavy atom. The second-order valence-corrected chi connectivity index (χ2v) is 7.06. The Balaban J connectivity index is 1.76. The monoisotopic (exact) mass is 348 g/mol. The molecule has 1 saturated heterocycles. The van der Waals surface area contributed by atoms with Gasteiger partial charge >= 0.3 is 5.97 Å². The van der Waals surface area contributed by atoms with Gasteiger partial charge < -0.3 is 14.4 Å². The average Bonchev–Trinajstić information content (AvgIpc) is 3.17. The first-order valence-corrected chi connectivity index (χ1v) is 8.91. The molecular formula is C17H20N2O4S. The molecule has 1 amide bonds. The van der Waals surface area contributed by atoms with E-state index in [1.165, 1.54) is 4.90 Å². The number of hydrogen-bond donors (Lipinski definition) is 1. The number of piperidine rings is 1. The molecule has 1 aliphatic rings. The summed E-state index contributed by atoms with van der Waals surface area (Å²) in [7, 11) is 0. The zero-order valence-corrected chi connectivity index (χ0v) is 14.5. The number of aryl methyl sites for hydroxylation is 1. The Kier molecular flexibility index (Phi) is 4.71. The maximum Gasteiger partial charge on any atom is 0.326 e. The van der Waals surface area contributed by atoms with Gasteiger partial charge in [-0.2, -0.15) is 11.3 Å². The molecule has 0 radical (unpaired) electrons. The van der Waals surface area contributed by atoms with Crippen LogP contribution < -0.4 is 0 Å². The Morgan fingerprint density at radius 3 is 2.96 bits per heavy atom. The number of hydrogen-bond acceptors (Lipinski definition) is 5. The van der Waals surface area contributed by atoms with Crippen LogP contribution in [0.2, 0.25) is 0 Å². The summed E-state index contributed by atoms with van der Waals surface area (Å²) in [5.41, 5.74) is 1.46. The van der Waals surface area contributed by atoms with Gasteiger partial charge in [0, 0.05) is 17.5 Å². The number of carbonyl (C=O) groups is 2. The molecule has 24 heavy (non-hydrogen) atoms. The highest BCUT2D eigenvalue weighted by molar-refractivity contribution is 7.08. The number of aromatic nitrogens is 1. The number of rotatable bonds is 4. The number of likely N-dealkylation sites (tertiary alicyclic amines) is 1. The fraction of sp³-hybridized carbons (Fsp3) is 0.471. The van der Waals surface area contributed by atoms with E-state index in [4.69, 9.17) is 4.42 Å². The molecule has 0 saturated carbocycles. The minimum atomic E-state index is -0.939. The van der Waals surface area contributed by atoms with Gasteiger partial charge in [0.05, 0.1) is 12.1 Å². The maximum absolute atomic E-state index is 12.6. The number of carboxylic acids is 1. The van der Waals surface area contributed by atoms with E-state index >= 15 is 0 Å². The molecule has 0 aliphatic carbocycles. The van der Waals surface area contributed by atoms with Crippen LogP contribution in [0, 0.1) is 12.8 Å². The van der Waals surface area contributed by atoms with Crippen LogP contribution in [0.5, 0.6) is 0 Å². The molecule has 3 heterocycles. The van der Waals surface area contributed by atoms with Gasteiger partial charge in [-0.1, -0.05) is 6.92 Å². The molecule has 1 fully saturated rings. The van der Waals surface area contributed by atoms with Crippen LogP contribution >= 0.6 is 11.3 Å². The van der Waals surface area contributed by atoms with E-state index in [0.717, 1.165) is 12.0 Å². The van der Waals surface area contributed by atoms with Crippen molar-refractivity contribution in [2.24, 2.45) is 5.92 Å². The van der Waals surface area contributed by atoms with Crippen molar-refractivity contribution in [3.63, 3.8) is 0 Å². The Morgan fingerprint density at radius 2 is 2.29 bits per heavy atom. The minimum Gasteiger partial charge on any atom is -0.480 e. The number of aliphatic carboxylic acids is 1. The molecule has 2 aromatic heterocycles. The highest BCUT2D eigenvalue weighted by Crippen LogP contribution is 2.26. The van der Waals surface area contributed by atoms with Crippen molar-refractivity contribution in [2.45, 2.75) is 39.2 Å². The lowest BCUT2D eigenvalue weighted by atomic mass is 9.92. The van der Waals surface area contributed by atoms with Crippen LogP contribution in [-0.4, -0.2) is 39.5 Å². The van der Waals surface area contributed by atoms with Crippen molar-refractivity contribution < 1.29 is 19.1 Å². The number of carbonyl (C=O) groups excluding carboxylic acids is 1. The zero-order chi connectivity index (χ0) is 17.3. The summed E-state index contributed by atoms with van der Waals surface area (Å²) in [6.07, 6.45) is 1.39. The van der Waals surface area contributed by atoms with Crippen molar-refractivity contribution in [3.8, 4) is 11.5 Å². The average molecular weight is 348 g/mol. The lowest BCUT2D eigenvalue weighted by Gasteiger charge is -2.36. The molecule has 2 atom stereocenters. The first-order chi connectivity index (χ1) is 11.5. The highest BCUT2D eigenvalue weighted by atomic mass is 32.1. The summed E-state index contributed by atoms with van der Waals surface area (Å²) in [6, 6.07) is 1.17. The van der Waals surface area contributed by atoms with Gasteiger partial charge in [0.15, 0.2) is 0 Å². The topological polar surface area (TPSA) is 83.6 Å². The quantitative estimate of drug-likeness (QED) is 0.918. The van der Waals surface area contributed by atoms with Gasteiger partial charge in [-0.25, -0.2) is 9.78 Å². The molecule has 2 unspecified atom stereocenters. The first-order valence-electron chi connectivity index (χ1n) is 7.97. The third-order valence-corrected chi connectivity index (χ3v) is 5.13. The molecule has 128 valence electrons. The summed E-state index contributed by atoms with van der Waals surface area (Å²) in [6.45, 7) is 4.27. The Labute approximate surface area is 144 Å². The Hall–Kier alpha value is -2.15. The fourth-order valence-electron chi connectivity index (χ4n) is 3.02. The Bertz CT molecular complexity index is 738. The van der Waals surface area contributed by atoms with Crippen molar-refractivity contribution in [2.75, 3.05) is 6.54 Å². The smallest absolute Gasteiger partial charge is 0.326 e. The molecule has 3 rings (SSSR count). The summed E-state index contributed by atoms with van der Waals surface area (Å²) in [5.74, 6) is 0.267. The van der Waals surface area contributed by atoms with Crippen LogP contribution in [0.25, 0.3) is 11.5 Å². The van der Waals surface area contributed by atoms with Gasteiger partial charge in [-0.15, -0.1) is 0 Å². The van der Waals surface area contributed by atoms with E-state index in [2.05, 4.69) is 4.98 Å². The fourth-order valence-corrected chi connectivity index (χ4v) is 3.65. The molecule has 0 spiro atoms. The van der Waals surface area contributed by atoms with Gasteiger partial charge in [0.1, 0.15) is 11.8 Å². The van der Waals surface area contributed by atoms with Gasteiger partial charge in [-0.3, -0.25) is 4.79 Å². The van der Waals surface area contributed by atoms with Gasteiger partial charge in [-0.05, 0) is 37.1 Å². The highest BCUT2D eigenvalue weighted by Gasteiger charge is 2.35. The molecule has 0 bridgehead atoms.